The number of rotatable bonds is 6. The first-order chi connectivity index (χ1) is 8.44. The Hall–Kier alpha value is -1.63. The molecule has 7 nitrogen and oxygen atoms in total. The summed E-state index contributed by atoms with van der Waals surface area (Å²) in [5.41, 5.74) is -0.468. The molecule has 1 aromatic rings. The summed E-state index contributed by atoms with van der Waals surface area (Å²) in [4.78, 5) is 22.0. The molecule has 1 rings (SSSR count). The summed E-state index contributed by atoms with van der Waals surface area (Å²) in [5.74, 6) is 0. The highest BCUT2D eigenvalue weighted by Gasteiger charge is 2.16. The maximum atomic E-state index is 5.19. The first-order valence-electron chi connectivity index (χ1n) is 5.82. The lowest BCUT2D eigenvalue weighted by Crippen LogP contribution is -2.22. The fourth-order valence-electron chi connectivity index (χ4n) is 0.907. The van der Waals surface area contributed by atoms with E-state index in [1.165, 1.54) is 0 Å². The highest BCUT2D eigenvalue weighted by molar-refractivity contribution is 5.08. The van der Waals surface area contributed by atoms with Gasteiger partial charge in [0.05, 0.1) is 13.2 Å². The third-order valence-corrected chi connectivity index (χ3v) is 1.49. The Morgan fingerprint density at radius 3 is 1.67 bits per heavy atom. The second-order valence-electron chi connectivity index (χ2n) is 4.33. The Balaban J connectivity index is 2.81. The maximum absolute atomic E-state index is 5.19. The van der Waals surface area contributed by atoms with Crippen LogP contribution in [0, 0.1) is 0 Å². The van der Waals surface area contributed by atoms with Crippen LogP contribution in [0.3, 0.4) is 0 Å². The predicted octanol–water partition coefficient (Wildman–Crippen LogP) is 1.78. The molecule has 0 fully saturated rings. The van der Waals surface area contributed by atoms with Gasteiger partial charge in [0.1, 0.15) is 5.60 Å². The Morgan fingerprint density at radius 1 is 0.833 bits per heavy atom. The van der Waals surface area contributed by atoms with Crippen LogP contribution in [0.5, 0.6) is 18.0 Å². The molecule has 0 saturated carbocycles. The van der Waals surface area contributed by atoms with Crippen LogP contribution in [0.1, 0.15) is 34.6 Å². The molecule has 0 aromatic carbocycles. The van der Waals surface area contributed by atoms with Crippen LogP contribution in [0.25, 0.3) is 0 Å². The molecule has 0 spiro atoms. The molecule has 102 valence electrons. The van der Waals surface area contributed by atoms with Gasteiger partial charge in [-0.1, -0.05) is 0 Å². The van der Waals surface area contributed by atoms with E-state index in [4.69, 9.17) is 19.2 Å². The molecule has 0 atom stereocenters. The van der Waals surface area contributed by atoms with E-state index < -0.39 is 5.60 Å². The Morgan fingerprint density at radius 2 is 1.28 bits per heavy atom. The van der Waals surface area contributed by atoms with Gasteiger partial charge < -0.3 is 9.47 Å². The lowest BCUT2D eigenvalue weighted by atomic mass is 10.2. The largest absolute Gasteiger partial charge is 0.464 e. The first-order valence-corrected chi connectivity index (χ1v) is 5.82. The van der Waals surface area contributed by atoms with Crippen molar-refractivity contribution in [3.05, 3.63) is 0 Å². The van der Waals surface area contributed by atoms with Crippen molar-refractivity contribution in [1.29, 1.82) is 0 Å². The molecule has 0 saturated heterocycles. The van der Waals surface area contributed by atoms with Crippen molar-refractivity contribution in [1.82, 2.24) is 15.0 Å². The molecule has 0 aliphatic rings. The summed E-state index contributed by atoms with van der Waals surface area (Å²) in [6.07, 6.45) is 0. The van der Waals surface area contributed by atoms with Gasteiger partial charge in [0.25, 0.3) is 0 Å². The number of hydrogen-bond acceptors (Lipinski definition) is 7. The summed E-state index contributed by atoms with van der Waals surface area (Å²) in [7, 11) is 0. The normalized spacial score (nSPS) is 11.2. The quantitative estimate of drug-likeness (QED) is 0.568. The van der Waals surface area contributed by atoms with Crippen LogP contribution in [0.2, 0.25) is 0 Å². The van der Waals surface area contributed by atoms with Crippen molar-refractivity contribution in [2.75, 3.05) is 13.2 Å². The standard InChI is InChI=1S/C11H19N3O4/c1-6-15-8-12-9(16-7-2)14-10(13-8)17-18-11(3,4)5/h6-7H2,1-5H3. The summed E-state index contributed by atoms with van der Waals surface area (Å²) >= 11 is 0. The lowest BCUT2D eigenvalue weighted by molar-refractivity contribution is -0.279. The minimum absolute atomic E-state index is 0.00632. The van der Waals surface area contributed by atoms with E-state index in [1.54, 1.807) is 0 Å². The van der Waals surface area contributed by atoms with Crippen LogP contribution < -0.4 is 14.4 Å². The number of nitrogens with zero attached hydrogens (tertiary/aromatic N) is 3. The molecule has 0 aliphatic heterocycles. The van der Waals surface area contributed by atoms with E-state index in [0.29, 0.717) is 13.2 Å². The van der Waals surface area contributed by atoms with Crippen molar-refractivity contribution < 1.29 is 19.2 Å². The third-order valence-electron chi connectivity index (χ3n) is 1.49. The second kappa shape index (κ2) is 6.34. The zero-order valence-corrected chi connectivity index (χ0v) is 11.4. The topological polar surface area (TPSA) is 75.6 Å². The zero-order valence-electron chi connectivity index (χ0n) is 11.4. The number of ether oxygens (including phenoxy) is 2. The van der Waals surface area contributed by atoms with Gasteiger partial charge in [0, 0.05) is 0 Å². The molecule has 0 bridgehead atoms. The molecule has 0 aliphatic carbocycles. The fraction of sp³-hybridized carbons (Fsp3) is 0.727. The molecular weight excluding hydrogens is 238 g/mol. The van der Waals surface area contributed by atoms with Crippen molar-refractivity contribution in [2.45, 2.75) is 40.2 Å². The summed E-state index contributed by atoms with van der Waals surface area (Å²) in [6.45, 7) is 10.1. The van der Waals surface area contributed by atoms with Gasteiger partial charge in [-0.05, 0) is 34.6 Å². The van der Waals surface area contributed by atoms with E-state index in [-0.39, 0.29) is 18.0 Å². The van der Waals surface area contributed by atoms with Crippen LogP contribution in [-0.4, -0.2) is 33.8 Å². The molecule has 7 heteroatoms. The van der Waals surface area contributed by atoms with Gasteiger partial charge in [0.2, 0.25) is 0 Å². The van der Waals surface area contributed by atoms with Gasteiger partial charge in [-0.3, -0.25) is 4.89 Å². The first kappa shape index (κ1) is 14.4. The summed E-state index contributed by atoms with van der Waals surface area (Å²) < 4.78 is 10.4. The molecule has 0 radical (unpaired) electrons. The Labute approximate surface area is 106 Å². The van der Waals surface area contributed by atoms with Gasteiger partial charge >= 0.3 is 18.0 Å². The van der Waals surface area contributed by atoms with Gasteiger partial charge in [0.15, 0.2) is 0 Å². The minimum atomic E-state index is -0.468. The lowest BCUT2D eigenvalue weighted by Gasteiger charge is -2.16. The highest BCUT2D eigenvalue weighted by Crippen LogP contribution is 2.17. The molecule has 0 N–H and O–H groups in total. The van der Waals surface area contributed by atoms with Crippen LogP contribution in [0.15, 0.2) is 0 Å². The Kier molecular flexibility index (Phi) is 5.08. The van der Waals surface area contributed by atoms with Crippen molar-refractivity contribution >= 4 is 0 Å². The van der Waals surface area contributed by atoms with Crippen molar-refractivity contribution in [2.24, 2.45) is 0 Å². The van der Waals surface area contributed by atoms with Crippen LogP contribution in [-0.2, 0) is 4.89 Å². The van der Waals surface area contributed by atoms with E-state index in [1.807, 2.05) is 34.6 Å². The predicted molar refractivity (Wildman–Crippen MR) is 63.6 cm³/mol. The SMILES string of the molecule is CCOc1nc(OCC)nc(OOC(C)(C)C)n1. The summed E-state index contributed by atoms with van der Waals surface area (Å²) in [5, 5.41) is 0. The molecular formula is C11H19N3O4. The van der Waals surface area contributed by atoms with Crippen LogP contribution >= 0.6 is 0 Å². The van der Waals surface area contributed by atoms with Crippen molar-refractivity contribution in [3.8, 4) is 18.0 Å². The van der Waals surface area contributed by atoms with E-state index in [0.717, 1.165) is 0 Å². The van der Waals surface area contributed by atoms with Gasteiger partial charge in [-0.25, -0.2) is 0 Å². The number of aromatic nitrogens is 3. The third kappa shape index (κ3) is 5.13. The molecule has 1 heterocycles. The molecule has 1 aromatic heterocycles. The summed E-state index contributed by atoms with van der Waals surface area (Å²) in [6, 6.07) is 0.291. The van der Waals surface area contributed by atoms with E-state index >= 15 is 0 Å². The minimum Gasteiger partial charge on any atom is -0.464 e. The zero-order chi connectivity index (χ0) is 13.6. The Bertz CT molecular complexity index is 355. The molecule has 0 amide bonds. The average molecular weight is 257 g/mol. The fourth-order valence-corrected chi connectivity index (χ4v) is 0.907. The molecule has 0 unspecified atom stereocenters. The second-order valence-corrected chi connectivity index (χ2v) is 4.33. The monoisotopic (exact) mass is 257 g/mol. The van der Waals surface area contributed by atoms with E-state index in [9.17, 15) is 0 Å². The highest BCUT2D eigenvalue weighted by atomic mass is 17.2. The van der Waals surface area contributed by atoms with Gasteiger partial charge in [-0.15, -0.1) is 15.0 Å². The average Bonchev–Trinajstić information content (AvgIpc) is 2.26. The van der Waals surface area contributed by atoms with Crippen molar-refractivity contribution in [3.63, 3.8) is 0 Å². The maximum Gasteiger partial charge on any atom is 0.362 e. The number of hydrogen-bond donors (Lipinski definition) is 0. The van der Waals surface area contributed by atoms with E-state index in [2.05, 4.69) is 15.0 Å². The smallest absolute Gasteiger partial charge is 0.362 e. The van der Waals surface area contributed by atoms with Crippen LogP contribution in [0.4, 0.5) is 0 Å². The molecule has 18 heavy (non-hydrogen) atoms. The van der Waals surface area contributed by atoms with Gasteiger partial charge in [-0.2, -0.15) is 4.89 Å².